The van der Waals surface area contributed by atoms with Gasteiger partial charge in [0.15, 0.2) is 0 Å². The molecule has 1 aliphatic rings. The molecule has 3 aromatic rings. The van der Waals surface area contributed by atoms with E-state index in [0.29, 0.717) is 25.9 Å². The predicted molar refractivity (Wildman–Crippen MR) is 182 cm³/mol. The SMILES string of the molecule is NC(=O)C(Cc1ccc(O)cc1)N1CCCCCSSCCCCN(C(=O)OCc2ccccc2)C(Cc2ccccc2)C1=O. The highest BCUT2D eigenvalue weighted by molar-refractivity contribution is 8.76. The van der Waals surface area contributed by atoms with Crippen LogP contribution >= 0.6 is 21.6 Å². The molecule has 0 saturated carbocycles. The molecular formula is C35H43N3O5S2. The van der Waals surface area contributed by atoms with E-state index >= 15 is 0 Å². The third kappa shape index (κ3) is 11.0. The van der Waals surface area contributed by atoms with Gasteiger partial charge in [-0.25, -0.2) is 4.79 Å². The minimum atomic E-state index is -0.928. The van der Waals surface area contributed by atoms with E-state index in [2.05, 4.69) is 0 Å². The van der Waals surface area contributed by atoms with Crippen molar-refractivity contribution in [3.05, 3.63) is 102 Å². The van der Waals surface area contributed by atoms with Gasteiger partial charge in [-0.1, -0.05) is 101 Å². The number of phenolic OH excluding ortho intramolecular Hbond substituents is 1. The van der Waals surface area contributed by atoms with E-state index in [4.69, 9.17) is 10.5 Å². The van der Waals surface area contributed by atoms with Crippen LogP contribution < -0.4 is 5.73 Å². The molecule has 3 aromatic carbocycles. The fraction of sp³-hybridized carbons (Fsp3) is 0.400. The maximum Gasteiger partial charge on any atom is 0.410 e. The Morgan fingerprint density at radius 1 is 0.800 bits per heavy atom. The average molecular weight is 650 g/mol. The van der Waals surface area contributed by atoms with Crippen molar-refractivity contribution in [1.82, 2.24) is 9.80 Å². The summed E-state index contributed by atoms with van der Waals surface area (Å²) in [6.45, 7) is 0.763. The zero-order valence-corrected chi connectivity index (χ0v) is 27.2. The van der Waals surface area contributed by atoms with E-state index < -0.39 is 24.1 Å². The summed E-state index contributed by atoms with van der Waals surface area (Å²) in [5.74, 6) is 1.15. The highest BCUT2D eigenvalue weighted by Gasteiger charge is 2.38. The minimum absolute atomic E-state index is 0.0867. The van der Waals surface area contributed by atoms with E-state index in [1.807, 2.05) is 82.3 Å². The van der Waals surface area contributed by atoms with Crippen molar-refractivity contribution in [2.75, 3.05) is 24.6 Å². The van der Waals surface area contributed by atoms with Crippen LogP contribution in [0.15, 0.2) is 84.9 Å². The molecule has 2 atom stereocenters. The van der Waals surface area contributed by atoms with Gasteiger partial charge in [0, 0.05) is 37.4 Å². The number of ether oxygens (including phenoxy) is 1. The van der Waals surface area contributed by atoms with Crippen molar-refractivity contribution in [1.29, 1.82) is 0 Å². The first-order valence-corrected chi connectivity index (χ1v) is 18.0. The molecule has 0 spiro atoms. The second-order valence-electron chi connectivity index (χ2n) is 11.2. The number of carbonyl (C=O) groups excluding carboxylic acids is 3. The number of benzene rings is 3. The van der Waals surface area contributed by atoms with Gasteiger partial charge >= 0.3 is 6.09 Å². The molecule has 45 heavy (non-hydrogen) atoms. The van der Waals surface area contributed by atoms with Crippen molar-refractivity contribution in [3.63, 3.8) is 0 Å². The van der Waals surface area contributed by atoms with Gasteiger partial charge in [0.25, 0.3) is 0 Å². The van der Waals surface area contributed by atoms with Gasteiger partial charge in [0.2, 0.25) is 11.8 Å². The second-order valence-corrected chi connectivity index (χ2v) is 13.9. The lowest BCUT2D eigenvalue weighted by molar-refractivity contribution is -0.143. The molecule has 4 rings (SSSR count). The highest BCUT2D eigenvalue weighted by atomic mass is 33.1. The lowest BCUT2D eigenvalue weighted by Gasteiger charge is -2.37. The molecular weight excluding hydrogens is 607 g/mol. The van der Waals surface area contributed by atoms with E-state index in [1.54, 1.807) is 34.1 Å². The van der Waals surface area contributed by atoms with Crippen molar-refractivity contribution < 1.29 is 24.2 Å². The third-order valence-corrected chi connectivity index (χ3v) is 10.4. The van der Waals surface area contributed by atoms with Gasteiger partial charge < -0.3 is 20.5 Å². The zero-order chi connectivity index (χ0) is 31.9. The van der Waals surface area contributed by atoms with Crippen molar-refractivity contribution >= 4 is 39.5 Å². The normalized spacial score (nSPS) is 18.0. The Labute approximate surface area is 274 Å². The molecule has 1 saturated heterocycles. The molecule has 8 nitrogen and oxygen atoms in total. The van der Waals surface area contributed by atoms with Crippen LogP contribution in [-0.4, -0.2) is 69.5 Å². The van der Waals surface area contributed by atoms with Gasteiger partial charge in [-0.3, -0.25) is 14.5 Å². The number of hydrogen-bond donors (Lipinski definition) is 2. The lowest BCUT2D eigenvalue weighted by Crippen LogP contribution is -2.58. The highest BCUT2D eigenvalue weighted by Crippen LogP contribution is 2.26. The largest absolute Gasteiger partial charge is 0.508 e. The molecule has 1 aliphatic heterocycles. The summed E-state index contributed by atoms with van der Waals surface area (Å²) in [6, 6.07) is 23.8. The number of nitrogens with zero attached hydrogens (tertiary/aromatic N) is 2. The van der Waals surface area contributed by atoms with Gasteiger partial charge in [-0.05, 0) is 54.5 Å². The van der Waals surface area contributed by atoms with Crippen LogP contribution in [0.2, 0.25) is 0 Å². The second kappa shape index (κ2) is 18.4. The summed E-state index contributed by atoms with van der Waals surface area (Å²) in [5.41, 5.74) is 8.52. The monoisotopic (exact) mass is 649 g/mol. The average Bonchev–Trinajstić information content (AvgIpc) is 3.06. The zero-order valence-electron chi connectivity index (χ0n) is 25.6. The molecule has 10 heteroatoms. The third-order valence-electron chi connectivity index (χ3n) is 7.81. The summed E-state index contributed by atoms with van der Waals surface area (Å²) in [4.78, 5) is 44.8. The van der Waals surface area contributed by atoms with Crippen LogP contribution in [0.4, 0.5) is 4.79 Å². The Balaban J connectivity index is 1.70. The van der Waals surface area contributed by atoms with Crippen molar-refractivity contribution in [2.24, 2.45) is 5.73 Å². The quantitative estimate of drug-likeness (QED) is 0.279. The Morgan fingerprint density at radius 3 is 2.04 bits per heavy atom. The first-order valence-electron chi connectivity index (χ1n) is 15.6. The number of nitrogens with two attached hydrogens (primary N) is 1. The number of amides is 3. The van der Waals surface area contributed by atoms with Crippen molar-refractivity contribution in [2.45, 2.75) is 63.6 Å². The fourth-order valence-electron chi connectivity index (χ4n) is 5.36. The van der Waals surface area contributed by atoms with Crippen LogP contribution in [0.1, 0.15) is 48.8 Å². The summed E-state index contributed by atoms with van der Waals surface area (Å²) >= 11 is 0. The Morgan fingerprint density at radius 2 is 1.40 bits per heavy atom. The first kappa shape index (κ1) is 34.2. The summed E-state index contributed by atoms with van der Waals surface area (Å²) in [5, 5.41) is 9.79. The number of rotatable bonds is 8. The standard InChI is InChI=1S/C35H43N3O5S2/c36-33(40)31(24-28-16-18-30(39)19-17-28)37-20-8-3-10-22-44-45-23-11-9-21-38(35(42)43-26-29-14-6-2-7-15-29)32(34(37)41)25-27-12-4-1-5-13-27/h1-2,4-7,12-19,31-32,39H,3,8-11,20-26H2,(H2,36,40). The number of primary amides is 1. The molecule has 1 heterocycles. The summed E-state index contributed by atoms with van der Waals surface area (Å²) in [7, 11) is 3.70. The summed E-state index contributed by atoms with van der Waals surface area (Å²) < 4.78 is 5.81. The molecule has 0 aromatic heterocycles. The molecule has 3 amide bonds. The Bertz CT molecular complexity index is 1340. The van der Waals surface area contributed by atoms with Crippen LogP contribution in [0, 0.1) is 0 Å². The van der Waals surface area contributed by atoms with Crippen molar-refractivity contribution in [3.8, 4) is 5.75 Å². The molecule has 0 aliphatic carbocycles. The lowest BCUT2D eigenvalue weighted by atomic mass is 9.99. The summed E-state index contributed by atoms with van der Waals surface area (Å²) in [6.07, 6.45) is 4.11. The molecule has 3 N–H and O–H groups in total. The van der Waals surface area contributed by atoms with E-state index in [-0.39, 0.29) is 31.1 Å². The molecule has 2 unspecified atom stereocenters. The molecule has 240 valence electrons. The predicted octanol–water partition coefficient (Wildman–Crippen LogP) is 6.21. The van der Waals surface area contributed by atoms with E-state index in [0.717, 1.165) is 47.5 Å². The maximum absolute atomic E-state index is 14.8. The molecule has 0 bridgehead atoms. The minimum Gasteiger partial charge on any atom is -0.508 e. The van der Waals surface area contributed by atoms with E-state index in [9.17, 15) is 19.5 Å². The molecule has 0 radical (unpaired) electrons. The Kier molecular flexibility index (Phi) is 14.0. The van der Waals surface area contributed by atoms with E-state index in [1.165, 1.54) is 0 Å². The fourth-order valence-corrected chi connectivity index (χ4v) is 7.65. The van der Waals surface area contributed by atoms with Gasteiger partial charge in [-0.15, -0.1) is 0 Å². The number of hydrogen-bond acceptors (Lipinski definition) is 7. The smallest absolute Gasteiger partial charge is 0.410 e. The van der Waals surface area contributed by atoms with Crippen LogP contribution in [-0.2, 0) is 33.8 Å². The van der Waals surface area contributed by atoms with Gasteiger partial charge in [-0.2, -0.15) is 0 Å². The first-order chi connectivity index (χ1) is 21.9. The topological polar surface area (TPSA) is 113 Å². The maximum atomic E-state index is 14.8. The number of phenols is 1. The van der Waals surface area contributed by atoms with Gasteiger partial charge in [0.05, 0.1) is 0 Å². The van der Waals surface area contributed by atoms with Crippen LogP contribution in [0.25, 0.3) is 0 Å². The Hall–Kier alpha value is -3.63. The van der Waals surface area contributed by atoms with Gasteiger partial charge in [0.1, 0.15) is 24.4 Å². The number of carbonyl (C=O) groups is 3. The number of aromatic hydroxyl groups is 1. The van der Waals surface area contributed by atoms with Crippen LogP contribution in [0.5, 0.6) is 5.75 Å². The van der Waals surface area contributed by atoms with Crippen LogP contribution in [0.3, 0.4) is 0 Å². The molecule has 1 fully saturated rings.